The average Bonchev–Trinajstić information content (AvgIpc) is 3.26. The Balaban J connectivity index is 1.67. The molecule has 0 unspecified atom stereocenters. The van der Waals surface area contributed by atoms with E-state index in [4.69, 9.17) is 0 Å². The Morgan fingerprint density at radius 2 is 1.42 bits per heavy atom. The minimum absolute atomic E-state index is 0.0199. The van der Waals surface area contributed by atoms with E-state index in [-0.39, 0.29) is 36.4 Å². The summed E-state index contributed by atoms with van der Waals surface area (Å²) in [5, 5.41) is 13.5. The maximum Gasteiger partial charge on any atom is 0.123 e. The first-order chi connectivity index (χ1) is 15.1. The van der Waals surface area contributed by atoms with Gasteiger partial charge in [0.2, 0.25) is 0 Å². The first-order valence-electron chi connectivity index (χ1n) is 10.8. The Morgan fingerprint density at radius 3 is 1.97 bits per heavy atom. The molecule has 3 nitrogen and oxygen atoms in total. The van der Waals surface area contributed by atoms with Crippen LogP contribution in [-0.2, 0) is 0 Å². The van der Waals surface area contributed by atoms with Crippen molar-refractivity contribution in [2.75, 3.05) is 19.7 Å². The lowest BCUT2D eigenvalue weighted by Gasteiger charge is -2.32. The summed E-state index contributed by atoms with van der Waals surface area (Å²) >= 11 is 0. The highest BCUT2D eigenvalue weighted by atomic mass is 19.1. The number of aliphatic hydroxyl groups is 1. The van der Waals surface area contributed by atoms with E-state index in [9.17, 15) is 13.9 Å². The number of rotatable bonds is 8. The molecule has 4 rings (SSSR count). The zero-order chi connectivity index (χ0) is 21.6. The zero-order valence-electron chi connectivity index (χ0n) is 17.4. The Bertz CT molecular complexity index is 902. The van der Waals surface area contributed by atoms with E-state index in [0.29, 0.717) is 0 Å². The van der Waals surface area contributed by atoms with Gasteiger partial charge >= 0.3 is 0 Å². The van der Waals surface area contributed by atoms with Crippen molar-refractivity contribution in [1.29, 1.82) is 0 Å². The molecular formula is C26H28F2N2O. The van der Waals surface area contributed by atoms with Crippen LogP contribution >= 0.6 is 0 Å². The second-order valence-corrected chi connectivity index (χ2v) is 8.14. The van der Waals surface area contributed by atoms with E-state index in [1.54, 1.807) is 24.3 Å². The summed E-state index contributed by atoms with van der Waals surface area (Å²) < 4.78 is 27.2. The maximum atomic E-state index is 13.6. The van der Waals surface area contributed by atoms with E-state index < -0.39 is 0 Å². The second-order valence-electron chi connectivity index (χ2n) is 8.14. The van der Waals surface area contributed by atoms with E-state index in [2.05, 4.69) is 22.3 Å². The van der Waals surface area contributed by atoms with Gasteiger partial charge in [0.05, 0.1) is 12.6 Å². The Kier molecular flexibility index (Phi) is 7.07. The molecule has 5 heteroatoms. The molecule has 1 saturated heterocycles. The number of nitrogens with one attached hydrogen (secondary N) is 1. The number of likely N-dealkylation sites (tertiary alicyclic amines) is 1. The van der Waals surface area contributed by atoms with Gasteiger partial charge in [0.1, 0.15) is 11.6 Å². The molecule has 0 amide bonds. The highest BCUT2D eigenvalue weighted by Gasteiger charge is 2.28. The largest absolute Gasteiger partial charge is 0.395 e. The van der Waals surface area contributed by atoms with Gasteiger partial charge in [-0.05, 0) is 60.3 Å². The standard InChI is InChI=1S/C26H28F2N2O/c27-22-12-8-20(9-13-22)26(21-10-14-23(28)15-11-21)29-25(19-5-2-1-3-6-19)17-30-16-4-7-24(30)18-31/h1-3,5-6,8-15,24-26,29,31H,4,7,16-18H2/t24-,25-/m0/s1. The van der Waals surface area contributed by atoms with Gasteiger partial charge in [-0.15, -0.1) is 0 Å². The summed E-state index contributed by atoms with van der Waals surface area (Å²) in [5.74, 6) is -0.576. The van der Waals surface area contributed by atoms with Crippen LogP contribution in [0.1, 0.15) is 41.6 Å². The van der Waals surface area contributed by atoms with Crippen molar-refractivity contribution in [3.8, 4) is 0 Å². The number of halogens is 2. The fourth-order valence-electron chi connectivity index (χ4n) is 4.41. The van der Waals surface area contributed by atoms with Crippen LogP contribution in [0, 0.1) is 11.6 Å². The van der Waals surface area contributed by atoms with Crippen molar-refractivity contribution in [2.45, 2.75) is 31.0 Å². The minimum atomic E-state index is -0.288. The van der Waals surface area contributed by atoms with Crippen LogP contribution in [0.3, 0.4) is 0 Å². The lowest BCUT2D eigenvalue weighted by Crippen LogP contribution is -2.40. The Labute approximate surface area is 182 Å². The van der Waals surface area contributed by atoms with E-state index >= 15 is 0 Å². The molecule has 0 spiro atoms. The molecule has 31 heavy (non-hydrogen) atoms. The van der Waals surface area contributed by atoms with Gasteiger partial charge in [-0.25, -0.2) is 8.78 Å². The summed E-state index contributed by atoms with van der Waals surface area (Å²) in [6.45, 7) is 1.85. The molecule has 2 N–H and O–H groups in total. The molecule has 2 atom stereocenters. The number of hydrogen-bond donors (Lipinski definition) is 2. The maximum absolute atomic E-state index is 13.6. The Hall–Kier alpha value is -2.60. The predicted octanol–water partition coefficient (Wildman–Crippen LogP) is 4.84. The number of aliphatic hydroxyl groups excluding tert-OH is 1. The number of nitrogens with zero attached hydrogens (tertiary/aromatic N) is 1. The average molecular weight is 423 g/mol. The van der Waals surface area contributed by atoms with Crippen molar-refractivity contribution in [3.05, 3.63) is 107 Å². The van der Waals surface area contributed by atoms with Crippen LogP contribution < -0.4 is 5.32 Å². The van der Waals surface area contributed by atoms with E-state index in [1.165, 1.54) is 24.3 Å². The fraction of sp³-hybridized carbons (Fsp3) is 0.308. The molecule has 162 valence electrons. The van der Waals surface area contributed by atoms with Crippen molar-refractivity contribution >= 4 is 0 Å². The van der Waals surface area contributed by atoms with Gasteiger partial charge in [-0.3, -0.25) is 10.2 Å². The van der Waals surface area contributed by atoms with Crippen LogP contribution in [0.2, 0.25) is 0 Å². The summed E-state index contributed by atoms with van der Waals surface area (Å²) in [6, 6.07) is 23.0. The molecule has 0 bridgehead atoms. The smallest absolute Gasteiger partial charge is 0.123 e. The molecule has 3 aromatic carbocycles. The second kappa shape index (κ2) is 10.1. The third-order valence-corrected chi connectivity index (χ3v) is 6.10. The molecule has 1 fully saturated rings. The molecule has 0 saturated carbocycles. The third kappa shape index (κ3) is 5.37. The van der Waals surface area contributed by atoms with Gasteiger partial charge in [-0.1, -0.05) is 54.6 Å². The SMILES string of the molecule is OC[C@@H]1CCCN1C[C@H](NC(c1ccc(F)cc1)c1ccc(F)cc1)c1ccccc1. The first-order valence-corrected chi connectivity index (χ1v) is 10.8. The minimum Gasteiger partial charge on any atom is -0.395 e. The van der Waals surface area contributed by atoms with Gasteiger partial charge in [0.25, 0.3) is 0 Å². The first kappa shape index (κ1) is 21.6. The lowest BCUT2D eigenvalue weighted by molar-refractivity contribution is 0.146. The molecule has 0 aliphatic carbocycles. The van der Waals surface area contributed by atoms with Crippen molar-refractivity contribution in [2.24, 2.45) is 0 Å². The normalized spacial score (nSPS) is 17.9. The van der Waals surface area contributed by atoms with Crippen molar-refractivity contribution in [3.63, 3.8) is 0 Å². The summed E-state index contributed by atoms with van der Waals surface area (Å²) in [4.78, 5) is 2.33. The molecular weight excluding hydrogens is 394 g/mol. The predicted molar refractivity (Wildman–Crippen MR) is 119 cm³/mol. The molecule has 3 aromatic rings. The van der Waals surface area contributed by atoms with Gasteiger partial charge < -0.3 is 5.11 Å². The van der Waals surface area contributed by atoms with Crippen LogP contribution in [0.15, 0.2) is 78.9 Å². The highest BCUT2D eigenvalue weighted by molar-refractivity contribution is 5.33. The quantitative estimate of drug-likeness (QED) is 0.545. The van der Waals surface area contributed by atoms with Crippen LogP contribution in [0.4, 0.5) is 8.78 Å². The monoisotopic (exact) mass is 422 g/mol. The zero-order valence-corrected chi connectivity index (χ0v) is 17.4. The van der Waals surface area contributed by atoms with Gasteiger partial charge in [0, 0.05) is 18.6 Å². The molecule has 1 aliphatic rings. The topological polar surface area (TPSA) is 35.5 Å². The Morgan fingerprint density at radius 1 is 0.839 bits per heavy atom. The van der Waals surface area contributed by atoms with Crippen molar-refractivity contribution < 1.29 is 13.9 Å². The van der Waals surface area contributed by atoms with Gasteiger partial charge in [-0.2, -0.15) is 0 Å². The molecule has 1 aliphatic heterocycles. The van der Waals surface area contributed by atoms with E-state index in [1.807, 2.05) is 18.2 Å². The van der Waals surface area contributed by atoms with Crippen LogP contribution in [0.25, 0.3) is 0 Å². The number of benzene rings is 3. The molecule has 0 aromatic heterocycles. The number of hydrogen-bond acceptors (Lipinski definition) is 3. The highest BCUT2D eigenvalue weighted by Crippen LogP contribution is 2.29. The lowest BCUT2D eigenvalue weighted by atomic mass is 9.96. The molecule has 1 heterocycles. The fourth-order valence-corrected chi connectivity index (χ4v) is 4.41. The third-order valence-electron chi connectivity index (χ3n) is 6.10. The van der Waals surface area contributed by atoms with E-state index in [0.717, 1.165) is 42.6 Å². The van der Waals surface area contributed by atoms with Crippen LogP contribution in [0.5, 0.6) is 0 Å². The van der Waals surface area contributed by atoms with Crippen LogP contribution in [-0.4, -0.2) is 35.7 Å². The van der Waals surface area contributed by atoms with Crippen molar-refractivity contribution in [1.82, 2.24) is 10.2 Å². The van der Waals surface area contributed by atoms with Gasteiger partial charge in [0.15, 0.2) is 0 Å². The summed E-state index contributed by atoms with van der Waals surface area (Å²) in [6.07, 6.45) is 2.07. The summed E-state index contributed by atoms with van der Waals surface area (Å²) in [5.41, 5.74) is 2.96. The summed E-state index contributed by atoms with van der Waals surface area (Å²) in [7, 11) is 0. The molecule has 0 radical (unpaired) electrons.